The van der Waals surface area contributed by atoms with Gasteiger partial charge in [0.15, 0.2) is 0 Å². The minimum absolute atomic E-state index is 0.0652. The number of carbonyl (C=O) groups excluding carboxylic acids is 2. The SMILES string of the molecule is CCNC(=O)c1cc(NC(=O)CN)cn1CC1CC1. The van der Waals surface area contributed by atoms with Crippen LogP contribution in [0.4, 0.5) is 5.69 Å². The Bertz CT molecular complexity index is 477. The lowest BCUT2D eigenvalue weighted by Crippen LogP contribution is -2.25. The molecule has 0 radical (unpaired) electrons. The first-order valence-corrected chi connectivity index (χ1v) is 6.62. The maximum absolute atomic E-state index is 12.0. The van der Waals surface area contributed by atoms with Crippen molar-refractivity contribution in [3.8, 4) is 0 Å². The molecule has 0 saturated heterocycles. The fourth-order valence-electron chi connectivity index (χ4n) is 1.96. The van der Waals surface area contributed by atoms with Crippen molar-refractivity contribution in [2.75, 3.05) is 18.4 Å². The van der Waals surface area contributed by atoms with Gasteiger partial charge in [-0.15, -0.1) is 0 Å². The molecule has 6 nitrogen and oxygen atoms in total. The van der Waals surface area contributed by atoms with E-state index in [0.29, 0.717) is 23.8 Å². The number of nitrogens with one attached hydrogen (secondary N) is 2. The van der Waals surface area contributed by atoms with Crippen molar-refractivity contribution in [2.24, 2.45) is 11.7 Å². The van der Waals surface area contributed by atoms with Crippen LogP contribution in [0.25, 0.3) is 0 Å². The number of nitrogens with two attached hydrogens (primary N) is 1. The van der Waals surface area contributed by atoms with Crippen LogP contribution in [0.2, 0.25) is 0 Å². The topological polar surface area (TPSA) is 89.2 Å². The van der Waals surface area contributed by atoms with Crippen molar-refractivity contribution in [2.45, 2.75) is 26.3 Å². The molecular weight excluding hydrogens is 244 g/mol. The van der Waals surface area contributed by atoms with Crippen LogP contribution in [0.1, 0.15) is 30.3 Å². The molecule has 1 heterocycles. The number of aromatic nitrogens is 1. The van der Waals surface area contributed by atoms with Gasteiger partial charge in [0.05, 0.1) is 12.2 Å². The summed E-state index contributed by atoms with van der Waals surface area (Å²) < 4.78 is 1.91. The van der Waals surface area contributed by atoms with Crippen LogP contribution in [0.15, 0.2) is 12.3 Å². The summed E-state index contributed by atoms with van der Waals surface area (Å²) in [6.45, 7) is 3.22. The smallest absolute Gasteiger partial charge is 0.267 e. The molecule has 0 aromatic carbocycles. The highest BCUT2D eigenvalue weighted by Crippen LogP contribution is 2.31. The fraction of sp³-hybridized carbons (Fsp3) is 0.538. The lowest BCUT2D eigenvalue weighted by Gasteiger charge is -2.07. The molecule has 2 rings (SSSR count). The van der Waals surface area contributed by atoms with Crippen LogP contribution >= 0.6 is 0 Å². The second-order valence-corrected chi connectivity index (χ2v) is 4.82. The Morgan fingerprint density at radius 2 is 2.21 bits per heavy atom. The van der Waals surface area contributed by atoms with Crippen LogP contribution in [-0.2, 0) is 11.3 Å². The van der Waals surface area contributed by atoms with Crippen molar-refractivity contribution < 1.29 is 9.59 Å². The second-order valence-electron chi connectivity index (χ2n) is 4.82. The maximum atomic E-state index is 12.0. The van der Waals surface area contributed by atoms with E-state index in [4.69, 9.17) is 5.73 Å². The third kappa shape index (κ3) is 3.57. The van der Waals surface area contributed by atoms with E-state index in [-0.39, 0.29) is 18.4 Å². The summed E-state index contributed by atoms with van der Waals surface area (Å²) in [4.78, 5) is 23.3. The van der Waals surface area contributed by atoms with Gasteiger partial charge in [-0.25, -0.2) is 0 Å². The van der Waals surface area contributed by atoms with Gasteiger partial charge in [-0.2, -0.15) is 0 Å². The molecule has 1 aliphatic rings. The van der Waals surface area contributed by atoms with Crippen LogP contribution in [-0.4, -0.2) is 29.5 Å². The quantitative estimate of drug-likeness (QED) is 0.700. The van der Waals surface area contributed by atoms with Crippen molar-refractivity contribution >= 4 is 17.5 Å². The van der Waals surface area contributed by atoms with Crippen molar-refractivity contribution in [1.82, 2.24) is 9.88 Å². The molecular formula is C13H20N4O2. The van der Waals surface area contributed by atoms with Crippen molar-refractivity contribution in [3.05, 3.63) is 18.0 Å². The Hall–Kier alpha value is -1.82. The van der Waals surface area contributed by atoms with Gasteiger partial charge < -0.3 is 20.9 Å². The van der Waals surface area contributed by atoms with Crippen LogP contribution in [0, 0.1) is 5.92 Å². The van der Waals surface area contributed by atoms with E-state index in [0.717, 1.165) is 6.54 Å². The Labute approximate surface area is 112 Å². The zero-order chi connectivity index (χ0) is 13.8. The maximum Gasteiger partial charge on any atom is 0.267 e. The van der Waals surface area contributed by atoms with Crippen LogP contribution in [0.3, 0.4) is 0 Å². The molecule has 1 saturated carbocycles. The largest absolute Gasteiger partial charge is 0.351 e. The Balaban J connectivity index is 2.16. The summed E-state index contributed by atoms with van der Waals surface area (Å²) in [5.41, 5.74) is 6.47. The van der Waals surface area contributed by atoms with E-state index in [1.807, 2.05) is 11.5 Å². The number of amides is 2. The minimum atomic E-state index is -0.258. The molecule has 1 aliphatic carbocycles. The highest BCUT2D eigenvalue weighted by atomic mass is 16.2. The molecule has 104 valence electrons. The summed E-state index contributed by atoms with van der Waals surface area (Å²) in [7, 11) is 0. The van der Waals surface area contributed by atoms with Gasteiger partial charge in [0.25, 0.3) is 5.91 Å². The predicted molar refractivity (Wildman–Crippen MR) is 72.8 cm³/mol. The minimum Gasteiger partial charge on any atom is -0.351 e. The molecule has 6 heteroatoms. The summed E-state index contributed by atoms with van der Waals surface area (Å²) >= 11 is 0. The van der Waals surface area contributed by atoms with Gasteiger partial charge in [-0.05, 0) is 31.7 Å². The molecule has 0 bridgehead atoms. The molecule has 0 aliphatic heterocycles. The first-order chi connectivity index (χ1) is 9.13. The number of anilines is 1. The van der Waals surface area contributed by atoms with E-state index < -0.39 is 0 Å². The highest BCUT2D eigenvalue weighted by molar-refractivity contribution is 5.97. The molecule has 1 aromatic heterocycles. The monoisotopic (exact) mass is 264 g/mol. The van der Waals surface area contributed by atoms with E-state index in [2.05, 4.69) is 10.6 Å². The van der Waals surface area contributed by atoms with Gasteiger partial charge >= 0.3 is 0 Å². The Kier molecular flexibility index (Phi) is 4.21. The van der Waals surface area contributed by atoms with Crippen molar-refractivity contribution in [3.63, 3.8) is 0 Å². The molecule has 4 N–H and O–H groups in total. The molecule has 19 heavy (non-hydrogen) atoms. The number of nitrogens with zero attached hydrogens (tertiary/aromatic N) is 1. The summed E-state index contributed by atoms with van der Waals surface area (Å²) in [6, 6.07) is 1.70. The van der Waals surface area contributed by atoms with Gasteiger partial charge in [0.1, 0.15) is 5.69 Å². The third-order valence-corrected chi connectivity index (χ3v) is 3.09. The molecule has 1 fully saturated rings. The molecule has 0 spiro atoms. The number of rotatable bonds is 6. The van der Waals surface area contributed by atoms with Crippen molar-refractivity contribution in [1.29, 1.82) is 0 Å². The molecule has 1 aromatic rings. The standard InChI is InChI=1S/C13H20N4O2/c1-2-15-13(19)11-5-10(16-12(18)6-14)8-17(11)7-9-3-4-9/h5,8-9H,2-4,6-7,14H2,1H3,(H,15,19)(H,16,18). The first-order valence-electron chi connectivity index (χ1n) is 6.62. The second kappa shape index (κ2) is 5.88. The Morgan fingerprint density at radius 1 is 1.47 bits per heavy atom. The molecule has 0 unspecified atom stereocenters. The number of carbonyl (C=O) groups is 2. The van der Waals surface area contributed by atoms with E-state index in [9.17, 15) is 9.59 Å². The van der Waals surface area contributed by atoms with Gasteiger partial charge in [-0.3, -0.25) is 9.59 Å². The average Bonchev–Trinajstić information content (AvgIpc) is 3.10. The van der Waals surface area contributed by atoms with E-state index in [1.165, 1.54) is 12.8 Å². The van der Waals surface area contributed by atoms with E-state index in [1.54, 1.807) is 12.3 Å². The molecule has 0 atom stereocenters. The summed E-state index contributed by atoms with van der Waals surface area (Å²) in [5, 5.41) is 5.46. The zero-order valence-electron chi connectivity index (χ0n) is 11.1. The third-order valence-electron chi connectivity index (χ3n) is 3.09. The lowest BCUT2D eigenvalue weighted by molar-refractivity contribution is -0.114. The van der Waals surface area contributed by atoms with Crippen LogP contribution in [0.5, 0.6) is 0 Å². The van der Waals surface area contributed by atoms with Gasteiger partial charge in [0.2, 0.25) is 5.91 Å². The Morgan fingerprint density at radius 3 is 2.79 bits per heavy atom. The zero-order valence-corrected chi connectivity index (χ0v) is 11.1. The van der Waals surface area contributed by atoms with Gasteiger partial charge in [0, 0.05) is 19.3 Å². The fourth-order valence-corrected chi connectivity index (χ4v) is 1.96. The van der Waals surface area contributed by atoms with E-state index >= 15 is 0 Å². The normalized spacial score (nSPS) is 14.2. The van der Waals surface area contributed by atoms with Gasteiger partial charge in [-0.1, -0.05) is 0 Å². The predicted octanol–water partition coefficient (Wildman–Crippen LogP) is 0.545. The first kappa shape index (κ1) is 13.6. The summed E-state index contributed by atoms with van der Waals surface area (Å²) in [5.74, 6) is 0.279. The average molecular weight is 264 g/mol. The molecule has 2 amide bonds. The number of hydrogen-bond donors (Lipinski definition) is 3. The lowest BCUT2D eigenvalue weighted by atomic mass is 10.3. The van der Waals surface area contributed by atoms with Crippen LogP contribution < -0.4 is 16.4 Å². The summed E-state index contributed by atoms with van der Waals surface area (Å²) in [6.07, 6.45) is 4.21. The number of hydrogen-bond acceptors (Lipinski definition) is 3. The highest BCUT2D eigenvalue weighted by Gasteiger charge is 2.24.